The number of carbonyl (C=O) groups is 1. The Morgan fingerprint density at radius 1 is 1.19 bits per heavy atom. The van der Waals surface area contributed by atoms with Gasteiger partial charge in [0.15, 0.2) is 0 Å². The van der Waals surface area contributed by atoms with E-state index in [0.717, 1.165) is 6.54 Å². The highest BCUT2D eigenvalue weighted by Gasteiger charge is 2.11. The first kappa shape index (κ1) is 14.8. The third kappa shape index (κ3) is 3.92. The maximum absolute atomic E-state index is 12.2. The van der Waals surface area contributed by atoms with Crippen LogP contribution in [0.2, 0.25) is 0 Å². The quantitative estimate of drug-likeness (QED) is 0.853. The molecule has 2 aromatic rings. The van der Waals surface area contributed by atoms with Crippen LogP contribution in [0.25, 0.3) is 0 Å². The molecule has 1 aromatic carbocycles. The molecule has 0 aliphatic carbocycles. The van der Waals surface area contributed by atoms with Gasteiger partial charge in [-0.05, 0) is 26.0 Å². The molecule has 6 nitrogen and oxygen atoms in total. The van der Waals surface area contributed by atoms with Gasteiger partial charge >= 0.3 is 0 Å². The third-order valence-electron chi connectivity index (χ3n) is 2.68. The molecule has 0 saturated carbocycles. The molecule has 1 aromatic heterocycles. The Morgan fingerprint density at radius 3 is 2.67 bits per heavy atom. The molecule has 0 bridgehead atoms. The number of carbonyl (C=O) groups excluding carboxylic acids is 1. The van der Waals surface area contributed by atoms with Crippen molar-refractivity contribution in [1.29, 1.82) is 0 Å². The smallest absolute Gasteiger partial charge is 0.275 e. The van der Waals surface area contributed by atoms with Crippen molar-refractivity contribution in [1.82, 2.24) is 9.97 Å². The lowest BCUT2D eigenvalue weighted by atomic mass is 10.3. The van der Waals surface area contributed by atoms with E-state index in [1.165, 1.54) is 12.4 Å². The average molecular weight is 286 g/mol. The minimum atomic E-state index is -0.322. The zero-order valence-electron chi connectivity index (χ0n) is 12.1. The summed E-state index contributed by atoms with van der Waals surface area (Å²) in [5.41, 5.74) is 0.866. The monoisotopic (exact) mass is 286 g/mol. The van der Waals surface area contributed by atoms with Crippen molar-refractivity contribution >= 4 is 17.4 Å². The number of aromatic nitrogens is 2. The van der Waals surface area contributed by atoms with Crippen molar-refractivity contribution < 1.29 is 9.53 Å². The summed E-state index contributed by atoms with van der Waals surface area (Å²) < 4.78 is 5.46. The van der Waals surface area contributed by atoms with Gasteiger partial charge in [0.1, 0.15) is 17.3 Å². The first-order chi connectivity index (χ1) is 10.2. The summed E-state index contributed by atoms with van der Waals surface area (Å²) in [6.45, 7) is 5.14. The molecule has 2 rings (SSSR count). The number of nitrogens with one attached hydrogen (secondary N) is 2. The van der Waals surface area contributed by atoms with Crippen LogP contribution in [-0.4, -0.2) is 29.0 Å². The maximum Gasteiger partial charge on any atom is 0.275 e. The minimum Gasteiger partial charge on any atom is -0.492 e. The second-order valence-corrected chi connectivity index (χ2v) is 4.20. The van der Waals surface area contributed by atoms with Crippen LogP contribution in [0.15, 0.2) is 36.7 Å². The SMILES string of the molecule is CCNc1cnc(C(=O)Nc2ccccc2OCC)cn1. The van der Waals surface area contributed by atoms with Crippen molar-refractivity contribution in [2.45, 2.75) is 13.8 Å². The van der Waals surface area contributed by atoms with Gasteiger partial charge < -0.3 is 15.4 Å². The zero-order valence-corrected chi connectivity index (χ0v) is 12.1. The van der Waals surface area contributed by atoms with Crippen LogP contribution in [0.3, 0.4) is 0 Å². The number of hydrogen-bond donors (Lipinski definition) is 2. The highest BCUT2D eigenvalue weighted by molar-refractivity contribution is 6.03. The summed E-state index contributed by atoms with van der Waals surface area (Å²) in [4.78, 5) is 20.4. The second kappa shape index (κ2) is 7.23. The van der Waals surface area contributed by atoms with Gasteiger partial charge in [0.05, 0.1) is 24.7 Å². The van der Waals surface area contributed by atoms with Crippen LogP contribution >= 0.6 is 0 Å². The Morgan fingerprint density at radius 2 is 2.00 bits per heavy atom. The standard InChI is InChI=1S/C15H18N4O2/c1-3-16-14-10-17-12(9-18-14)15(20)19-11-7-5-6-8-13(11)21-4-2/h5-10H,3-4H2,1-2H3,(H,16,18)(H,19,20). The first-order valence-corrected chi connectivity index (χ1v) is 6.83. The summed E-state index contributed by atoms with van der Waals surface area (Å²) in [6, 6.07) is 7.27. The molecule has 0 aliphatic rings. The van der Waals surface area contributed by atoms with Crippen LogP contribution in [0, 0.1) is 0 Å². The molecule has 110 valence electrons. The summed E-state index contributed by atoms with van der Waals surface area (Å²) in [5, 5.41) is 5.80. The maximum atomic E-state index is 12.2. The average Bonchev–Trinajstić information content (AvgIpc) is 2.50. The molecule has 21 heavy (non-hydrogen) atoms. The van der Waals surface area contributed by atoms with Gasteiger partial charge in [0.2, 0.25) is 0 Å². The molecule has 0 fully saturated rings. The molecular formula is C15H18N4O2. The largest absolute Gasteiger partial charge is 0.492 e. The molecule has 0 atom stereocenters. The third-order valence-corrected chi connectivity index (χ3v) is 2.68. The van der Waals surface area contributed by atoms with E-state index >= 15 is 0 Å². The number of ether oxygens (including phenoxy) is 1. The molecule has 1 heterocycles. The van der Waals surface area contributed by atoms with Gasteiger partial charge in [-0.15, -0.1) is 0 Å². The van der Waals surface area contributed by atoms with E-state index < -0.39 is 0 Å². The van der Waals surface area contributed by atoms with Crippen LogP contribution in [0.4, 0.5) is 11.5 Å². The van der Waals surface area contributed by atoms with Crippen LogP contribution in [0.1, 0.15) is 24.3 Å². The van der Waals surface area contributed by atoms with Crippen molar-refractivity contribution in [2.24, 2.45) is 0 Å². The van der Waals surface area contributed by atoms with E-state index in [1.807, 2.05) is 26.0 Å². The summed E-state index contributed by atoms with van der Waals surface area (Å²) >= 11 is 0. The minimum absolute atomic E-state index is 0.253. The Bertz CT molecular complexity index is 599. The lowest BCUT2D eigenvalue weighted by molar-refractivity contribution is 0.102. The fraction of sp³-hybridized carbons (Fsp3) is 0.267. The zero-order chi connectivity index (χ0) is 15.1. The van der Waals surface area contributed by atoms with Crippen molar-refractivity contribution in [3.8, 4) is 5.75 Å². The number of para-hydroxylation sites is 2. The Hall–Kier alpha value is -2.63. The predicted molar refractivity (Wildman–Crippen MR) is 81.8 cm³/mol. The van der Waals surface area contributed by atoms with Crippen molar-refractivity contribution in [3.05, 3.63) is 42.4 Å². The van der Waals surface area contributed by atoms with Gasteiger partial charge in [-0.2, -0.15) is 0 Å². The lowest BCUT2D eigenvalue weighted by Gasteiger charge is -2.11. The van der Waals surface area contributed by atoms with Gasteiger partial charge in [-0.1, -0.05) is 12.1 Å². The second-order valence-electron chi connectivity index (χ2n) is 4.20. The Kier molecular flexibility index (Phi) is 5.09. The van der Waals surface area contributed by atoms with Crippen LogP contribution in [-0.2, 0) is 0 Å². The summed E-state index contributed by atoms with van der Waals surface area (Å²) in [6.07, 6.45) is 2.98. The lowest BCUT2D eigenvalue weighted by Crippen LogP contribution is -2.15. The molecule has 0 saturated heterocycles. The van der Waals surface area contributed by atoms with Crippen molar-refractivity contribution in [3.63, 3.8) is 0 Å². The highest BCUT2D eigenvalue weighted by atomic mass is 16.5. The van der Waals surface area contributed by atoms with Gasteiger partial charge in [0, 0.05) is 6.54 Å². The number of amides is 1. The van der Waals surface area contributed by atoms with Gasteiger partial charge in [-0.3, -0.25) is 4.79 Å². The number of benzene rings is 1. The molecular weight excluding hydrogens is 268 g/mol. The number of anilines is 2. The van der Waals surface area contributed by atoms with E-state index in [1.54, 1.807) is 12.1 Å². The fourth-order valence-electron chi connectivity index (χ4n) is 1.76. The summed E-state index contributed by atoms with van der Waals surface area (Å²) in [5.74, 6) is 0.951. The number of rotatable bonds is 6. The Balaban J connectivity index is 2.10. The van der Waals surface area contributed by atoms with E-state index in [2.05, 4.69) is 20.6 Å². The molecule has 0 unspecified atom stereocenters. The molecule has 2 N–H and O–H groups in total. The molecule has 0 aliphatic heterocycles. The number of nitrogens with zero attached hydrogens (tertiary/aromatic N) is 2. The fourth-order valence-corrected chi connectivity index (χ4v) is 1.76. The van der Waals surface area contributed by atoms with Crippen molar-refractivity contribution in [2.75, 3.05) is 23.8 Å². The molecule has 0 spiro atoms. The van der Waals surface area contributed by atoms with E-state index in [-0.39, 0.29) is 11.6 Å². The highest BCUT2D eigenvalue weighted by Crippen LogP contribution is 2.24. The van der Waals surface area contributed by atoms with E-state index in [4.69, 9.17) is 4.74 Å². The topological polar surface area (TPSA) is 76.1 Å². The van der Waals surface area contributed by atoms with Gasteiger partial charge in [-0.25, -0.2) is 9.97 Å². The molecule has 6 heteroatoms. The summed E-state index contributed by atoms with van der Waals surface area (Å²) in [7, 11) is 0. The first-order valence-electron chi connectivity index (χ1n) is 6.83. The van der Waals surface area contributed by atoms with E-state index in [9.17, 15) is 4.79 Å². The number of hydrogen-bond acceptors (Lipinski definition) is 5. The molecule has 0 radical (unpaired) electrons. The van der Waals surface area contributed by atoms with E-state index in [0.29, 0.717) is 23.9 Å². The molecule has 1 amide bonds. The Labute approximate surface area is 123 Å². The normalized spacial score (nSPS) is 10.0. The van der Waals surface area contributed by atoms with Crippen LogP contribution in [0.5, 0.6) is 5.75 Å². The van der Waals surface area contributed by atoms with Gasteiger partial charge in [0.25, 0.3) is 5.91 Å². The van der Waals surface area contributed by atoms with Crippen LogP contribution < -0.4 is 15.4 Å². The predicted octanol–water partition coefficient (Wildman–Crippen LogP) is 2.56.